The minimum atomic E-state index is 0.183. The van der Waals surface area contributed by atoms with Gasteiger partial charge in [-0.15, -0.1) is 11.3 Å². The van der Waals surface area contributed by atoms with Crippen molar-refractivity contribution in [2.24, 2.45) is 0 Å². The van der Waals surface area contributed by atoms with Gasteiger partial charge in [0.05, 0.1) is 0 Å². The Balaban J connectivity index is 1.61. The van der Waals surface area contributed by atoms with Crippen molar-refractivity contribution < 1.29 is 14.3 Å². The Kier molecular flexibility index (Phi) is 4.85. The summed E-state index contributed by atoms with van der Waals surface area (Å²) in [4.78, 5) is 29.1. The van der Waals surface area contributed by atoms with Gasteiger partial charge in [0.1, 0.15) is 11.3 Å². The number of amides is 1. The first-order chi connectivity index (χ1) is 14.7. The predicted molar refractivity (Wildman–Crippen MR) is 112 cm³/mol. The number of rotatable bonds is 7. The van der Waals surface area contributed by atoms with E-state index in [0.717, 1.165) is 15.5 Å². The topological polar surface area (TPSA) is 130 Å². The first kappa shape index (κ1) is 18.6. The van der Waals surface area contributed by atoms with Crippen molar-refractivity contribution in [2.45, 2.75) is 16.6 Å². The Bertz CT molecular complexity index is 1230. The van der Waals surface area contributed by atoms with Gasteiger partial charge >= 0.3 is 0 Å². The van der Waals surface area contributed by atoms with Crippen LogP contribution in [0.15, 0.2) is 40.1 Å². The predicted octanol–water partition coefficient (Wildman–Crippen LogP) is 2.16. The molecule has 0 aliphatic carbocycles. The van der Waals surface area contributed by atoms with E-state index in [1.807, 2.05) is 22.1 Å². The summed E-state index contributed by atoms with van der Waals surface area (Å²) in [6, 6.07) is 3.85. The van der Waals surface area contributed by atoms with Crippen molar-refractivity contribution >= 4 is 46.5 Å². The van der Waals surface area contributed by atoms with E-state index in [4.69, 9.17) is 15.2 Å². The van der Waals surface area contributed by atoms with Gasteiger partial charge in [0.15, 0.2) is 33.6 Å². The fourth-order valence-electron chi connectivity index (χ4n) is 3.08. The summed E-state index contributed by atoms with van der Waals surface area (Å²) in [7, 11) is 0. The van der Waals surface area contributed by atoms with Crippen LogP contribution in [-0.2, 0) is 11.3 Å². The highest BCUT2D eigenvalue weighted by atomic mass is 32.2. The lowest BCUT2D eigenvalue weighted by atomic mass is 10.2. The molecular weight excluding hydrogens is 426 g/mol. The second-order valence-corrected chi connectivity index (χ2v) is 8.09. The molecule has 1 amide bonds. The molecule has 0 unspecified atom stereocenters. The summed E-state index contributed by atoms with van der Waals surface area (Å²) in [6.45, 7) is 1.08. The SMILES string of the molecule is Nc1ncnc2c1nc(Sc1cc3c(cc1-c1nccs1)OCO3)n2CCNC=O. The van der Waals surface area contributed by atoms with E-state index in [-0.39, 0.29) is 6.79 Å². The minimum Gasteiger partial charge on any atom is -0.454 e. The standard InChI is InChI=1S/C18H15N7O3S2/c19-15-14-16(23-7-22-15)25(3-1-20-8-26)18(24-14)30-13-6-12-11(27-9-28-12)5-10(13)17-21-2-4-29-17/h2,4-8H,1,3,9H2,(H,20,26)(H2,19,22,23). The quantitative estimate of drug-likeness (QED) is 0.327. The van der Waals surface area contributed by atoms with Crippen LogP contribution in [0.2, 0.25) is 0 Å². The number of hydrogen-bond acceptors (Lipinski definition) is 10. The molecular formula is C18H15N7O3S2. The van der Waals surface area contributed by atoms with Crippen molar-refractivity contribution in [3.8, 4) is 22.1 Å². The van der Waals surface area contributed by atoms with Crippen LogP contribution in [0.3, 0.4) is 0 Å². The maximum atomic E-state index is 10.7. The number of ether oxygens (including phenoxy) is 2. The van der Waals surface area contributed by atoms with Crippen molar-refractivity contribution in [1.29, 1.82) is 0 Å². The number of nitrogens with two attached hydrogens (primary N) is 1. The van der Waals surface area contributed by atoms with Crippen LogP contribution in [0, 0.1) is 0 Å². The van der Waals surface area contributed by atoms with Gasteiger partial charge < -0.3 is 25.1 Å². The molecule has 4 aromatic rings. The number of hydrogen-bond donors (Lipinski definition) is 2. The molecule has 12 heteroatoms. The van der Waals surface area contributed by atoms with E-state index in [9.17, 15) is 4.79 Å². The number of carbonyl (C=O) groups excluding carboxylic acids is 1. The first-order valence-electron chi connectivity index (χ1n) is 8.89. The van der Waals surface area contributed by atoms with E-state index in [2.05, 4.69) is 25.3 Å². The van der Waals surface area contributed by atoms with Crippen LogP contribution in [0.1, 0.15) is 0 Å². The molecule has 152 valence electrons. The lowest BCUT2D eigenvalue weighted by Crippen LogP contribution is -2.18. The lowest BCUT2D eigenvalue weighted by Gasteiger charge is -2.11. The zero-order valence-corrected chi connectivity index (χ0v) is 17.1. The number of anilines is 1. The number of thiazole rings is 1. The molecule has 0 spiro atoms. The molecule has 0 bridgehead atoms. The van der Waals surface area contributed by atoms with E-state index in [1.54, 1.807) is 6.20 Å². The molecule has 10 nitrogen and oxygen atoms in total. The Hall–Kier alpha value is -3.38. The molecule has 0 saturated carbocycles. The molecule has 30 heavy (non-hydrogen) atoms. The van der Waals surface area contributed by atoms with Crippen molar-refractivity contribution in [1.82, 2.24) is 29.8 Å². The average Bonchev–Trinajstić information content (AvgIpc) is 3.48. The molecule has 0 fully saturated rings. The minimum absolute atomic E-state index is 0.183. The van der Waals surface area contributed by atoms with Crippen molar-refractivity contribution in [2.75, 3.05) is 19.1 Å². The number of fused-ring (bicyclic) bond motifs is 2. The fraction of sp³-hybridized carbons (Fsp3) is 0.167. The van der Waals surface area contributed by atoms with Crippen LogP contribution >= 0.6 is 23.1 Å². The highest BCUT2D eigenvalue weighted by Crippen LogP contribution is 2.45. The number of carbonyl (C=O) groups is 1. The van der Waals surface area contributed by atoms with Crippen LogP contribution in [0.25, 0.3) is 21.7 Å². The summed E-state index contributed by atoms with van der Waals surface area (Å²) in [5.41, 5.74) is 8.06. The summed E-state index contributed by atoms with van der Waals surface area (Å²) in [6.07, 6.45) is 3.82. The average molecular weight is 441 g/mol. The maximum Gasteiger partial charge on any atom is 0.231 e. The van der Waals surface area contributed by atoms with Crippen LogP contribution in [-0.4, -0.2) is 44.3 Å². The van der Waals surface area contributed by atoms with Gasteiger partial charge in [0.25, 0.3) is 0 Å². The summed E-state index contributed by atoms with van der Waals surface area (Å²) >= 11 is 2.98. The van der Waals surface area contributed by atoms with E-state index < -0.39 is 0 Å². The third kappa shape index (κ3) is 3.29. The zero-order chi connectivity index (χ0) is 20.5. The number of nitrogens with one attached hydrogen (secondary N) is 1. The molecule has 1 aliphatic rings. The highest BCUT2D eigenvalue weighted by Gasteiger charge is 2.22. The van der Waals surface area contributed by atoms with Crippen molar-refractivity contribution in [3.05, 3.63) is 30.0 Å². The van der Waals surface area contributed by atoms with Crippen molar-refractivity contribution in [3.63, 3.8) is 0 Å². The molecule has 4 heterocycles. The van der Waals surface area contributed by atoms with Gasteiger partial charge in [-0.2, -0.15) is 0 Å². The molecule has 0 radical (unpaired) electrons. The normalized spacial score (nSPS) is 12.4. The Morgan fingerprint density at radius 2 is 2.13 bits per heavy atom. The van der Waals surface area contributed by atoms with Crippen LogP contribution in [0.4, 0.5) is 5.82 Å². The van der Waals surface area contributed by atoms with Gasteiger partial charge in [-0.3, -0.25) is 4.79 Å². The number of benzene rings is 1. The Labute approximate surface area is 178 Å². The lowest BCUT2D eigenvalue weighted by molar-refractivity contribution is -0.109. The Morgan fingerprint density at radius 3 is 2.93 bits per heavy atom. The third-order valence-corrected chi connectivity index (χ3v) is 6.29. The summed E-state index contributed by atoms with van der Waals surface area (Å²) < 4.78 is 13.0. The maximum absolute atomic E-state index is 10.7. The molecule has 3 aromatic heterocycles. The molecule has 1 aliphatic heterocycles. The van der Waals surface area contributed by atoms with E-state index in [0.29, 0.717) is 53.1 Å². The second kappa shape index (κ2) is 7.80. The molecule has 0 saturated heterocycles. The number of aromatic nitrogens is 5. The van der Waals surface area contributed by atoms with Gasteiger partial charge in [0.2, 0.25) is 13.2 Å². The number of nitrogen functional groups attached to an aromatic ring is 1. The second-order valence-electron chi connectivity index (χ2n) is 6.19. The van der Waals surface area contributed by atoms with Gasteiger partial charge in [0, 0.05) is 35.1 Å². The highest BCUT2D eigenvalue weighted by molar-refractivity contribution is 7.99. The monoisotopic (exact) mass is 441 g/mol. The zero-order valence-electron chi connectivity index (χ0n) is 15.4. The van der Waals surface area contributed by atoms with E-state index in [1.165, 1.54) is 29.4 Å². The molecule has 5 rings (SSSR count). The van der Waals surface area contributed by atoms with Gasteiger partial charge in [-0.25, -0.2) is 19.9 Å². The van der Waals surface area contributed by atoms with Crippen LogP contribution in [0.5, 0.6) is 11.5 Å². The fourth-order valence-corrected chi connectivity index (χ4v) is 4.86. The number of imidazole rings is 1. The number of nitrogens with zero attached hydrogens (tertiary/aromatic N) is 5. The third-order valence-electron chi connectivity index (χ3n) is 4.43. The summed E-state index contributed by atoms with van der Waals surface area (Å²) in [5, 5.41) is 6.12. The molecule has 3 N–H and O–H groups in total. The molecule has 0 atom stereocenters. The van der Waals surface area contributed by atoms with Gasteiger partial charge in [-0.1, -0.05) is 11.8 Å². The summed E-state index contributed by atoms with van der Waals surface area (Å²) in [5.74, 6) is 1.65. The Morgan fingerprint density at radius 1 is 1.27 bits per heavy atom. The van der Waals surface area contributed by atoms with Gasteiger partial charge in [-0.05, 0) is 12.1 Å². The van der Waals surface area contributed by atoms with Crippen LogP contribution < -0.4 is 20.5 Å². The molecule has 1 aromatic carbocycles. The van der Waals surface area contributed by atoms with E-state index >= 15 is 0 Å². The largest absolute Gasteiger partial charge is 0.454 e. The first-order valence-corrected chi connectivity index (χ1v) is 10.6. The smallest absolute Gasteiger partial charge is 0.231 e.